The van der Waals surface area contributed by atoms with Gasteiger partial charge in [0.05, 0.1) is 0 Å². The Morgan fingerprint density at radius 3 is 2.23 bits per heavy atom. The topological polar surface area (TPSA) is 124 Å². The predicted octanol–water partition coefficient (Wildman–Crippen LogP) is 6.04. The fourth-order valence-corrected chi connectivity index (χ4v) is 5.93. The smallest absolute Gasteiger partial charge is 0.352 e. The van der Waals surface area contributed by atoms with Crippen molar-refractivity contribution in [3.05, 3.63) is 52.0 Å². The van der Waals surface area contributed by atoms with Crippen LogP contribution in [0.4, 0.5) is 0 Å². The largest absolute Gasteiger partial charge is 0.370 e. The minimum Gasteiger partial charge on any atom is -0.352 e. The normalized spacial score (nSPS) is 14.4. The molecule has 0 heterocycles. The van der Waals surface area contributed by atoms with Crippen molar-refractivity contribution in [1.29, 1.82) is 0 Å². The lowest BCUT2D eigenvalue weighted by Gasteiger charge is -2.34. The van der Waals surface area contributed by atoms with Crippen molar-refractivity contribution in [2.24, 2.45) is 5.92 Å². The lowest BCUT2D eigenvalue weighted by Crippen LogP contribution is -2.33. The zero-order chi connectivity index (χ0) is 23.9. The summed E-state index contributed by atoms with van der Waals surface area (Å²) in [6, 6.07) is 7.22. The van der Waals surface area contributed by atoms with Gasteiger partial charge in [-0.05, 0) is 69.2 Å². The molecule has 0 aromatic heterocycles. The summed E-state index contributed by atoms with van der Waals surface area (Å²) in [5.41, 5.74) is 2.58. The van der Waals surface area contributed by atoms with E-state index in [-0.39, 0.29) is 12.5 Å². The second kappa shape index (κ2) is 12.1. The molecule has 176 valence electrons. The number of allylic oxidation sites excluding steroid dienone is 3. The number of rotatable bonds is 12. The van der Waals surface area contributed by atoms with Gasteiger partial charge >= 0.3 is 15.2 Å². The number of hydrogen-bond acceptors (Lipinski definition) is 3. The summed E-state index contributed by atoms with van der Waals surface area (Å²) in [5.74, 6) is 0.167. The van der Waals surface area contributed by atoms with E-state index < -0.39 is 26.7 Å². The van der Waals surface area contributed by atoms with Gasteiger partial charge in [-0.1, -0.05) is 52.7 Å². The van der Waals surface area contributed by atoms with Crippen LogP contribution >= 0.6 is 31.1 Å². The van der Waals surface area contributed by atoms with Crippen molar-refractivity contribution >= 4 is 36.7 Å². The molecule has 0 aliphatic carbocycles. The van der Waals surface area contributed by atoms with Crippen LogP contribution in [-0.4, -0.2) is 31.3 Å². The third-order valence-electron chi connectivity index (χ3n) is 5.02. The minimum atomic E-state index is -5.33. The molecule has 0 unspecified atom stereocenters. The minimum absolute atomic E-state index is 0.167. The first-order valence-electron chi connectivity index (χ1n) is 10.0. The number of hydrogen-bond donors (Lipinski definition) is 4. The van der Waals surface area contributed by atoms with Crippen molar-refractivity contribution in [3.8, 4) is 0 Å². The van der Waals surface area contributed by atoms with Gasteiger partial charge in [0.25, 0.3) is 5.08 Å². The Hall–Kier alpha value is -0.560. The van der Waals surface area contributed by atoms with Crippen LogP contribution in [0, 0.1) is 5.92 Å². The molecule has 0 aliphatic rings. The Kier molecular flexibility index (Phi) is 11.1. The SMILES string of the molecule is CC(C)=CCC[C@H](C)CCOC(C/C=C(\C)c1cccc(Br)c1)(P(=O)(O)O)P(=O)(O)O. The average Bonchev–Trinajstić information content (AvgIpc) is 2.61. The highest BCUT2D eigenvalue weighted by molar-refractivity contribution is 9.10. The second-order valence-corrected chi connectivity index (χ2v) is 12.9. The Labute approximate surface area is 193 Å². The Balaban J connectivity index is 3.06. The standard InChI is InChI=1S/C21H33BrO7P2/c1-16(2)7-5-8-17(3)12-14-29-21(30(23,24)25,31(26,27)28)13-11-18(4)19-9-6-10-20(22)15-19/h6-7,9-11,15,17H,5,8,12-14H2,1-4H3,(H2,23,24,25)(H2,26,27,28)/b18-11+/t17-/m0/s1. The van der Waals surface area contributed by atoms with E-state index in [1.807, 2.05) is 26.8 Å². The molecule has 0 radical (unpaired) electrons. The molecule has 7 nitrogen and oxygen atoms in total. The van der Waals surface area contributed by atoms with Crippen molar-refractivity contribution in [1.82, 2.24) is 0 Å². The summed E-state index contributed by atoms with van der Waals surface area (Å²) < 4.78 is 30.7. The van der Waals surface area contributed by atoms with Crippen LogP contribution in [-0.2, 0) is 13.9 Å². The number of benzene rings is 1. The third kappa shape index (κ3) is 8.71. The summed E-state index contributed by atoms with van der Waals surface area (Å²) in [6.45, 7) is 7.51. The predicted molar refractivity (Wildman–Crippen MR) is 128 cm³/mol. The lowest BCUT2D eigenvalue weighted by molar-refractivity contribution is 0.0315. The highest BCUT2D eigenvalue weighted by Gasteiger charge is 2.61. The average molecular weight is 539 g/mol. The number of halogens is 1. The van der Waals surface area contributed by atoms with Crippen LogP contribution in [0.3, 0.4) is 0 Å². The van der Waals surface area contributed by atoms with Crippen LogP contribution < -0.4 is 0 Å². The third-order valence-corrected chi connectivity index (χ3v) is 9.52. The van der Waals surface area contributed by atoms with E-state index in [0.29, 0.717) is 12.0 Å². The summed E-state index contributed by atoms with van der Waals surface area (Å²) in [7, 11) is -10.7. The highest BCUT2D eigenvalue weighted by Crippen LogP contribution is 2.71. The summed E-state index contributed by atoms with van der Waals surface area (Å²) in [4.78, 5) is 39.6. The zero-order valence-corrected chi connectivity index (χ0v) is 21.7. The molecule has 0 fully saturated rings. The van der Waals surface area contributed by atoms with Gasteiger partial charge in [0, 0.05) is 17.5 Å². The summed E-state index contributed by atoms with van der Waals surface area (Å²) in [5, 5.41) is -2.91. The molecule has 4 N–H and O–H groups in total. The quantitative estimate of drug-likeness (QED) is 0.189. The second-order valence-electron chi connectivity index (χ2n) is 8.03. The summed E-state index contributed by atoms with van der Waals surface area (Å²) in [6.07, 6.45) is 5.01. The maximum atomic E-state index is 12.3. The molecule has 0 saturated carbocycles. The van der Waals surface area contributed by atoms with Gasteiger partial charge in [0.15, 0.2) is 0 Å². The molecule has 0 spiro atoms. The molecule has 10 heteroatoms. The van der Waals surface area contributed by atoms with E-state index in [1.54, 1.807) is 25.1 Å². The fourth-order valence-electron chi connectivity index (χ4n) is 3.00. The first-order chi connectivity index (χ1) is 14.2. The monoisotopic (exact) mass is 538 g/mol. The van der Waals surface area contributed by atoms with E-state index >= 15 is 0 Å². The van der Waals surface area contributed by atoms with Crippen molar-refractivity contribution in [2.45, 2.75) is 58.5 Å². The molecule has 0 saturated heterocycles. The van der Waals surface area contributed by atoms with E-state index in [9.17, 15) is 28.7 Å². The van der Waals surface area contributed by atoms with Crippen LogP contribution in [0.5, 0.6) is 0 Å². The molecule has 31 heavy (non-hydrogen) atoms. The van der Waals surface area contributed by atoms with Gasteiger partial charge in [-0.3, -0.25) is 9.13 Å². The van der Waals surface area contributed by atoms with E-state index in [0.717, 1.165) is 22.9 Å². The van der Waals surface area contributed by atoms with Crippen LogP contribution in [0.2, 0.25) is 0 Å². The van der Waals surface area contributed by atoms with Gasteiger partial charge in [-0.25, -0.2) is 0 Å². The van der Waals surface area contributed by atoms with Gasteiger partial charge in [-0.2, -0.15) is 0 Å². The molecule has 0 amide bonds. The Bertz CT molecular complexity index is 859. The van der Waals surface area contributed by atoms with E-state index in [1.165, 1.54) is 11.6 Å². The van der Waals surface area contributed by atoms with Gasteiger partial charge in [-0.15, -0.1) is 0 Å². The van der Waals surface area contributed by atoms with Crippen molar-refractivity contribution in [2.75, 3.05) is 6.61 Å². The molecule has 0 bridgehead atoms. The van der Waals surface area contributed by atoms with Gasteiger partial charge in [0.1, 0.15) is 0 Å². The fraction of sp³-hybridized carbons (Fsp3) is 0.524. The van der Waals surface area contributed by atoms with E-state index in [4.69, 9.17) is 4.74 Å². The zero-order valence-electron chi connectivity index (χ0n) is 18.4. The maximum absolute atomic E-state index is 12.3. The van der Waals surface area contributed by atoms with E-state index in [2.05, 4.69) is 22.0 Å². The molecule has 1 aromatic carbocycles. The summed E-state index contributed by atoms with van der Waals surface area (Å²) >= 11 is 3.35. The van der Waals surface area contributed by atoms with Crippen LogP contribution in [0.15, 0.2) is 46.5 Å². The van der Waals surface area contributed by atoms with Gasteiger partial charge < -0.3 is 24.3 Å². The molecule has 1 atom stereocenters. The molecule has 1 rings (SSSR count). The van der Waals surface area contributed by atoms with Crippen LogP contribution in [0.25, 0.3) is 5.57 Å². The molecule has 0 aliphatic heterocycles. The highest BCUT2D eigenvalue weighted by atomic mass is 79.9. The van der Waals surface area contributed by atoms with Crippen LogP contribution in [0.1, 0.15) is 58.9 Å². The maximum Gasteiger partial charge on any atom is 0.370 e. The van der Waals surface area contributed by atoms with Crippen molar-refractivity contribution < 1.29 is 33.4 Å². The molecular weight excluding hydrogens is 506 g/mol. The molecular formula is C21H33BrO7P2. The van der Waals surface area contributed by atoms with Crippen molar-refractivity contribution in [3.63, 3.8) is 0 Å². The molecule has 1 aromatic rings. The first kappa shape index (κ1) is 28.5. The first-order valence-corrected chi connectivity index (χ1v) is 14.0. The Morgan fingerprint density at radius 1 is 1.10 bits per heavy atom. The lowest BCUT2D eigenvalue weighted by atomic mass is 10.0. The van der Waals surface area contributed by atoms with Gasteiger partial charge in [0.2, 0.25) is 0 Å². The number of ether oxygens (including phenoxy) is 1. The Morgan fingerprint density at radius 2 is 1.71 bits per heavy atom.